The molecule has 2 nitrogen and oxygen atoms in total. The van der Waals surface area contributed by atoms with E-state index in [1.165, 1.54) is 14.6 Å². The molecule has 0 amide bonds. The summed E-state index contributed by atoms with van der Waals surface area (Å²) < 4.78 is 0. The minimum Gasteiger partial charge on any atom is -0.296 e. The summed E-state index contributed by atoms with van der Waals surface area (Å²) in [5, 5.41) is 9.14. The Kier molecular flexibility index (Phi) is 4.31. The Morgan fingerprint density at radius 1 is 1.10 bits per heavy atom. The Morgan fingerprint density at radius 2 is 1.75 bits per heavy atom. The van der Waals surface area contributed by atoms with Gasteiger partial charge >= 0.3 is 0 Å². The van der Waals surface area contributed by atoms with Gasteiger partial charge < -0.3 is 0 Å². The highest BCUT2D eigenvalue weighted by molar-refractivity contribution is 7.12. The first kappa shape index (κ1) is 13.9. The molecule has 0 fully saturated rings. The smallest absolute Gasteiger partial charge is 0.109 e. The average Bonchev–Trinajstić information content (AvgIpc) is 3.17. The monoisotopic (exact) mass is 320 g/mol. The Bertz CT molecular complexity index is 606. The molecule has 1 atom stereocenters. The van der Waals surface area contributed by atoms with E-state index in [1.54, 1.807) is 34.0 Å². The number of hydrogen-bond acceptors (Lipinski definition) is 5. The molecule has 0 radical (unpaired) electrons. The number of nitrogens with zero attached hydrogens (tertiary/aromatic N) is 1. The standard InChI is InChI=1S/C15H16N2S3/c1-10-9-16-15(20-10)11(2)17-14(12-5-3-7-18-12)13-6-4-8-19-13/h3-9,11,14,17H,1-2H3. The fourth-order valence-electron chi connectivity index (χ4n) is 2.11. The molecule has 0 saturated heterocycles. The average molecular weight is 321 g/mol. The van der Waals surface area contributed by atoms with Crippen molar-refractivity contribution in [3.05, 3.63) is 60.9 Å². The van der Waals surface area contributed by atoms with E-state index < -0.39 is 0 Å². The molecule has 1 N–H and O–H groups in total. The minimum absolute atomic E-state index is 0.253. The molecule has 0 aliphatic rings. The van der Waals surface area contributed by atoms with E-state index in [0.717, 1.165) is 5.01 Å². The van der Waals surface area contributed by atoms with Crippen molar-refractivity contribution in [2.45, 2.75) is 25.9 Å². The predicted molar refractivity (Wildman–Crippen MR) is 88.9 cm³/mol. The van der Waals surface area contributed by atoms with Crippen LogP contribution in [-0.4, -0.2) is 4.98 Å². The third-order valence-corrected chi connectivity index (χ3v) is 6.05. The molecule has 0 aromatic carbocycles. The second kappa shape index (κ2) is 6.18. The number of aromatic nitrogens is 1. The molecular formula is C15H16N2S3. The van der Waals surface area contributed by atoms with E-state index in [0.29, 0.717) is 0 Å². The molecule has 3 rings (SSSR count). The molecule has 5 heteroatoms. The number of rotatable bonds is 5. The highest BCUT2D eigenvalue weighted by Gasteiger charge is 2.20. The quantitative estimate of drug-likeness (QED) is 0.714. The SMILES string of the molecule is Cc1cnc(C(C)NC(c2cccs2)c2cccs2)s1. The maximum atomic E-state index is 4.49. The van der Waals surface area contributed by atoms with E-state index in [9.17, 15) is 0 Å². The van der Waals surface area contributed by atoms with E-state index in [4.69, 9.17) is 0 Å². The van der Waals surface area contributed by atoms with Gasteiger partial charge in [-0.25, -0.2) is 4.98 Å². The summed E-state index contributed by atoms with van der Waals surface area (Å²) in [7, 11) is 0. The van der Waals surface area contributed by atoms with Crippen molar-refractivity contribution in [1.29, 1.82) is 0 Å². The summed E-state index contributed by atoms with van der Waals surface area (Å²) in [6.45, 7) is 4.29. The van der Waals surface area contributed by atoms with Crippen LogP contribution in [0.4, 0.5) is 0 Å². The van der Waals surface area contributed by atoms with Crippen molar-refractivity contribution in [2.24, 2.45) is 0 Å². The van der Waals surface area contributed by atoms with Crippen LogP contribution in [0.1, 0.15) is 38.6 Å². The van der Waals surface area contributed by atoms with Gasteiger partial charge in [0.1, 0.15) is 5.01 Å². The Morgan fingerprint density at radius 3 is 2.20 bits per heavy atom. The van der Waals surface area contributed by atoms with Gasteiger partial charge in [-0.2, -0.15) is 0 Å². The lowest BCUT2D eigenvalue weighted by Gasteiger charge is -2.20. The highest BCUT2D eigenvalue weighted by Crippen LogP contribution is 2.32. The zero-order valence-corrected chi connectivity index (χ0v) is 13.8. The summed E-state index contributed by atoms with van der Waals surface area (Å²) in [4.78, 5) is 8.46. The van der Waals surface area contributed by atoms with Gasteiger partial charge in [0, 0.05) is 20.8 Å². The van der Waals surface area contributed by atoms with Gasteiger partial charge in [0.2, 0.25) is 0 Å². The summed E-state index contributed by atoms with van der Waals surface area (Å²) in [6.07, 6.45) is 1.95. The van der Waals surface area contributed by atoms with Gasteiger partial charge in [0.15, 0.2) is 0 Å². The van der Waals surface area contributed by atoms with Crippen LogP contribution in [-0.2, 0) is 0 Å². The molecule has 0 bridgehead atoms. The lowest BCUT2D eigenvalue weighted by molar-refractivity contribution is 0.524. The lowest BCUT2D eigenvalue weighted by Crippen LogP contribution is -2.24. The van der Waals surface area contributed by atoms with Crippen LogP contribution in [0, 0.1) is 6.92 Å². The first-order valence-electron chi connectivity index (χ1n) is 6.49. The largest absolute Gasteiger partial charge is 0.296 e. The Balaban J connectivity index is 1.84. The Labute approximate surface area is 131 Å². The topological polar surface area (TPSA) is 24.9 Å². The van der Waals surface area contributed by atoms with Gasteiger partial charge in [0.25, 0.3) is 0 Å². The van der Waals surface area contributed by atoms with Crippen molar-refractivity contribution in [1.82, 2.24) is 10.3 Å². The van der Waals surface area contributed by atoms with Gasteiger partial charge in [-0.15, -0.1) is 34.0 Å². The van der Waals surface area contributed by atoms with Gasteiger partial charge in [-0.1, -0.05) is 12.1 Å². The second-order valence-corrected chi connectivity index (χ2v) is 7.89. The lowest BCUT2D eigenvalue weighted by atomic mass is 10.1. The predicted octanol–water partition coefficient (Wildman–Crippen LogP) is 5.01. The van der Waals surface area contributed by atoms with Crippen LogP contribution in [0.3, 0.4) is 0 Å². The van der Waals surface area contributed by atoms with Crippen molar-refractivity contribution >= 4 is 34.0 Å². The molecule has 0 saturated carbocycles. The third-order valence-electron chi connectivity index (χ3n) is 3.08. The normalized spacial score (nSPS) is 12.9. The molecule has 3 heterocycles. The van der Waals surface area contributed by atoms with Crippen molar-refractivity contribution in [2.75, 3.05) is 0 Å². The van der Waals surface area contributed by atoms with Crippen molar-refractivity contribution in [3.8, 4) is 0 Å². The fraction of sp³-hybridized carbons (Fsp3) is 0.267. The molecule has 0 aliphatic carbocycles. The van der Waals surface area contributed by atoms with E-state index >= 15 is 0 Å². The summed E-state index contributed by atoms with van der Waals surface area (Å²) >= 11 is 5.36. The van der Waals surface area contributed by atoms with Crippen LogP contribution >= 0.6 is 34.0 Å². The third kappa shape index (κ3) is 3.01. The van der Waals surface area contributed by atoms with Gasteiger partial charge in [-0.3, -0.25) is 5.32 Å². The molecule has 3 aromatic heterocycles. The van der Waals surface area contributed by atoms with Crippen LogP contribution in [0.15, 0.2) is 41.2 Å². The molecule has 3 aromatic rings. The molecule has 20 heavy (non-hydrogen) atoms. The van der Waals surface area contributed by atoms with E-state index in [2.05, 4.69) is 59.2 Å². The summed E-state index contributed by atoms with van der Waals surface area (Å²) in [6, 6.07) is 9.13. The molecule has 1 unspecified atom stereocenters. The van der Waals surface area contributed by atoms with Gasteiger partial charge in [-0.05, 0) is 36.7 Å². The summed E-state index contributed by atoms with van der Waals surface area (Å²) in [5.74, 6) is 0. The maximum absolute atomic E-state index is 4.49. The number of thiazole rings is 1. The first-order chi connectivity index (χ1) is 9.74. The zero-order valence-electron chi connectivity index (χ0n) is 11.4. The fourth-order valence-corrected chi connectivity index (χ4v) is 4.57. The zero-order chi connectivity index (χ0) is 13.9. The van der Waals surface area contributed by atoms with Crippen molar-refractivity contribution < 1.29 is 0 Å². The first-order valence-corrected chi connectivity index (χ1v) is 9.07. The van der Waals surface area contributed by atoms with E-state index in [1.807, 2.05) is 6.20 Å². The number of hydrogen-bond donors (Lipinski definition) is 1. The second-order valence-electron chi connectivity index (χ2n) is 4.66. The highest BCUT2D eigenvalue weighted by atomic mass is 32.1. The minimum atomic E-state index is 0.253. The van der Waals surface area contributed by atoms with Gasteiger partial charge in [0.05, 0.1) is 12.1 Å². The number of thiophene rings is 2. The number of aryl methyl sites for hydroxylation is 1. The van der Waals surface area contributed by atoms with Crippen molar-refractivity contribution in [3.63, 3.8) is 0 Å². The molecular weight excluding hydrogens is 304 g/mol. The van der Waals surface area contributed by atoms with Crippen LogP contribution in [0.25, 0.3) is 0 Å². The molecule has 0 spiro atoms. The van der Waals surface area contributed by atoms with E-state index in [-0.39, 0.29) is 12.1 Å². The van der Waals surface area contributed by atoms with Crippen LogP contribution in [0.2, 0.25) is 0 Å². The number of nitrogens with one attached hydrogen (secondary N) is 1. The summed E-state index contributed by atoms with van der Waals surface area (Å²) in [5.41, 5.74) is 0. The van der Waals surface area contributed by atoms with Crippen LogP contribution < -0.4 is 5.32 Å². The Hall–Kier alpha value is -1.01. The van der Waals surface area contributed by atoms with Crippen LogP contribution in [0.5, 0.6) is 0 Å². The molecule has 0 aliphatic heterocycles. The maximum Gasteiger partial charge on any atom is 0.109 e. The molecule has 104 valence electrons.